The maximum atomic E-state index is 13.3. The zero-order valence-electron chi connectivity index (χ0n) is 17.0. The number of amidine groups is 1. The van der Waals surface area contributed by atoms with Gasteiger partial charge in [-0.3, -0.25) is 9.88 Å². The smallest absolute Gasteiger partial charge is 0.371 e. The lowest BCUT2D eigenvalue weighted by molar-refractivity contribution is -0.137. The molecule has 0 fully saturated rings. The van der Waals surface area contributed by atoms with Crippen molar-refractivity contribution in [2.45, 2.75) is 18.0 Å². The summed E-state index contributed by atoms with van der Waals surface area (Å²) in [6, 6.07) is 8.84. The van der Waals surface area contributed by atoms with Crippen LogP contribution in [0.4, 0.5) is 23.4 Å². The van der Waals surface area contributed by atoms with E-state index in [2.05, 4.69) is 15.1 Å². The molecule has 0 aliphatic carbocycles. The highest BCUT2D eigenvalue weighted by Crippen LogP contribution is 2.31. The Morgan fingerprint density at radius 2 is 1.76 bits per heavy atom. The Labute approximate surface area is 186 Å². The van der Waals surface area contributed by atoms with Crippen molar-refractivity contribution in [3.63, 3.8) is 0 Å². The summed E-state index contributed by atoms with van der Waals surface area (Å²) in [5, 5.41) is 3.86. The van der Waals surface area contributed by atoms with Crippen LogP contribution >= 0.6 is 0 Å². The average Bonchev–Trinajstić information content (AvgIpc) is 3.28. The molecule has 0 saturated heterocycles. The highest BCUT2D eigenvalue weighted by Gasteiger charge is 2.33. The Morgan fingerprint density at radius 3 is 2.36 bits per heavy atom. The minimum Gasteiger partial charge on any atom is -0.371 e. The second-order valence-electron chi connectivity index (χ2n) is 6.99. The van der Waals surface area contributed by atoms with Gasteiger partial charge in [0, 0.05) is 18.0 Å². The Balaban J connectivity index is 1.77. The second-order valence-corrected chi connectivity index (χ2v) is 9.23. The molecule has 3 aromatic rings. The Bertz CT molecular complexity index is 1310. The first-order valence-electron chi connectivity index (χ1n) is 9.60. The molecule has 0 bridgehead atoms. The number of sulfone groups is 1. The Hall–Kier alpha value is -3.54. The van der Waals surface area contributed by atoms with Crippen LogP contribution in [-0.4, -0.2) is 36.7 Å². The summed E-state index contributed by atoms with van der Waals surface area (Å²) in [6.45, 7) is 1.27. The number of hydrogen-bond acceptors (Lipinski definition) is 7. The van der Waals surface area contributed by atoms with Gasteiger partial charge in [-0.15, -0.1) is 0 Å². The molecule has 0 unspecified atom stereocenters. The minimum atomic E-state index is -4.55. The Morgan fingerprint density at radius 1 is 1.03 bits per heavy atom. The third-order valence-electron chi connectivity index (χ3n) is 4.90. The molecule has 7 nitrogen and oxygen atoms in total. The lowest BCUT2D eigenvalue weighted by Gasteiger charge is -2.19. The SMILES string of the molecule is CCS(=O)(=O)c1cc(-c2ccc(F)cc2)cnc1C1=NOCN1c1ccc(C(F)(F)F)cn1. The monoisotopic (exact) mass is 480 g/mol. The first-order valence-corrected chi connectivity index (χ1v) is 11.3. The highest BCUT2D eigenvalue weighted by atomic mass is 32.2. The van der Waals surface area contributed by atoms with Crippen molar-refractivity contribution < 1.29 is 30.8 Å². The van der Waals surface area contributed by atoms with Gasteiger partial charge in [0.05, 0.1) is 16.2 Å². The predicted molar refractivity (Wildman–Crippen MR) is 112 cm³/mol. The van der Waals surface area contributed by atoms with Gasteiger partial charge < -0.3 is 4.84 Å². The summed E-state index contributed by atoms with van der Waals surface area (Å²) in [4.78, 5) is 14.3. The molecule has 1 aromatic carbocycles. The summed E-state index contributed by atoms with van der Waals surface area (Å²) in [5.74, 6) is -0.619. The first-order chi connectivity index (χ1) is 15.6. The predicted octanol–water partition coefficient (Wildman–Crippen LogP) is 4.25. The number of nitrogens with zero attached hydrogens (tertiary/aromatic N) is 4. The molecule has 172 valence electrons. The van der Waals surface area contributed by atoms with Crippen molar-refractivity contribution >= 4 is 21.5 Å². The van der Waals surface area contributed by atoms with E-state index in [0.717, 1.165) is 12.1 Å². The summed E-state index contributed by atoms with van der Waals surface area (Å²) >= 11 is 0. The number of benzene rings is 1. The fraction of sp³-hybridized carbons (Fsp3) is 0.190. The third kappa shape index (κ3) is 4.51. The number of anilines is 1. The lowest BCUT2D eigenvalue weighted by atomic mass is 10.1. The number of hydrogen-bond donors (Lipinski definition) is 0. The van der Waals surface area contributed by atoms with Gasteiger partial charge in [0.2, 0.25) is 5.84 Å². The van der Waals surface area contributed by atoms with Crippen LogP contribution in [0.5, 0.6) is 0 Å². The molecule has 0 saturated carbocycles. The van der Waals surface area contributed by atoms with E-state index >= 15 is 0 Å². The molecule has 0 N–H and O–H groups in total. The van der Waals surface area contributed by atoms with Gasteiger partial charge in [-0.2, -0.15) is 13.2 Å². The lowest BCUT2D eigenvalue weighted by Crippen LogP contribution is -2.31. The fourth-order valence-corrected chi connectivity index (χ4v) is 4.18. The van der Waals surface area contributed by atoms with Crippen molar-refractivity contribution in [2.24, 2.45) is 5.16 Å². The van der Waals surface area contributed by atoms with Crippen molar-refractivity contribution in [3.8, 4) is 11.1 Å². The molecule has 0 amide bonds. The van der Waals surface area contributed by atoms with Crippen LogP contribution < -0.4 is 4.90 Å². The zero-order valence-corrected chi connectivity index (χ0v) is 17.9. The van der Waals surface area contributed by atoms with E-state index in [4.69, 9.17) is 4.84 Å². The van der Waals surface area contributed by atoms with E-state index in [1.165, 1.54) is 48.4 Å². The van der Waals surface area contributed by atoms with Crippen LogP contribution in [0, 0.1) is 5.82 Å². The number of aromatic nitrogens is 2. The summed E-state index contributed by atoms with van der Waals surface area (Å²) in [5.41, 5.74) is 0.0150. The summed E-state index contributed by atoms with van der Waals surface area (Å²) in [6.07, 6.45) is -2.49. The topological polar surface area (TPSA) is 84.8 Å². The molecule has 3 heterocycles. The van der Waals surface area contributed by atoms with E-state index < -0.39 is 27.4 Å². The molecule has 2 aromatic heterocycles. The van der Waals surface area contributed by atoms with Gasteiger partial charge in [0.1, 0.15) is 17.3 Å². The van der Waals surface area contributed by atoms with Gasteiger partial charge >= 0.3 is 6.18 Å². The maximum absolute atomic E-state index is 13.3. The third-order valence-corrected chi connectivity index (χ3v) is 6.64. The highest BCUT2D eigenvalue weighted by molar-refractivity contribution is 7.91. The van der Waals surface area contributed by atoms with Crippen molar-refractivity contribution in [3.05, 3.63) is 71.9 Å². The van der Waals surface area contributed by atoms with Crippen molar-refractivity contribution in [1.29, 1.82) is 0 Å². The number of alkyl halides is 3. The summed E-state index contributed by atoms with van der Waals surface area (Å²) in [7, 11) is -3.81. The van der Waals surface area contributed by atoms with E-state index in [-0.39, 0.29) is 34.7 Å². The molecule has 33 heavy (non-hydrogen) atoms. The fourth-order valence-electron chi connectivity index (χ4n) is 3.12. The van der Waals surface area contributed by atoms with Crippen LogP contribution in [0.25, 0.3) is 11.1 Å². The quantitative estimate of drug-likeness (QED) is 0.508. The zero-order chi connectivity index (χ0) is 23.8. The second kappa shape index (κ2) is 8.43. The first kappa shape index (κ1) is 22.6. The molecular formula is C21H16F4N4O3S. The van der Waals surface area contributed by atoms with Gasteiger partial charge in [0.25, 0.3) is 0 Å². The molecular weight excluding hydrogens is 464 g/mol. The van der Waals surface area contributed by atoms with Gasteiger partial charge in [-0.25, -0.2) is 17.8 Å². The van der Waals surface area contributed by atoms with E-state index in [1.807, 2.05) is 0 Å². The van der Waals surface area contributed by atoms with Gasteiger partial charge in [-0.1, -0.05) is 24.2 Å². The number of rotatable bonds is 5. The van der Waals surface area contributed by atoms with Crippen LogP contribution in [0.15, 0.2) is 64.9 Å². The Kier molecular flexibility index (Phi) is 5.78. The molecule has 4 rings (SSSR count). The normalized spacial score (nSPS) is 14.2. The van der Waals surface area contributed by atoms with Crippen LogP contribution in [0.3, 0.4) is 0 Å². The van der Waals surface area contributed by atoms with E-state index in [9.17, 15) is 26.0 Å². The maximum Gasteiger partial charge on any atom is 0.417 e. The molecule has 0 radical (unpaired) electrons. The van der Waals surface area contributed by atoms with Crippen molar-refractivity contribution in [2.75, 3.05) is 17.4 Å². The van der Waals surface area contributed by atoms with E-state index in [1.54, 1.807) is 0 Å². The van der Waals surface area contributed by atoms with E-state index in [0.29, 0.717) is 17.3 Å². The summed E-state index contributed by atoms with van der Waals surface area (Å²) < 4.78 is 77.6. The van der Waals surface area contributed by atoms with Gasteiger partial charge in [0.15, 0.2) is 16.6 Å². The minimum absolute atomic E-state index is 0.0139. The number of oxime groups is 1. The average molecular weight is 480 g/mol. The molecule has 1 aliphatic rings. The van der Waals surface area contributed by atoms with Gasteiger partial charge in [-0.05, 0) is 35.9 Å². The molecule has 0 spiro atoms. The molecule has 12 heteroatoms. The molecule has 0 atom stereocenters. The van der Waals surface area contributed by atoms with Crippen molar-refractivity contribution in [1.82, 2.24) is 9.97 Å². The largest absolute Gasteiger partial charge is 0.417 e. The number of pyridine rings is 2. The van der Waals surface area contributed by atoms with Crippen LogP contribution in [0.2, 0.25) is 0 Å². The standard InChI is InChI=1S/C21H16F4N4O3S/c1-2-33(30,31)17-9-14(13-3-6-16(22)7-4-13)10-27-19(17)20-28-32-12-29(20)18-8-5-15(11-26-18)21(23,24)25/h3-11H,2,12H2,1H3. The van der Waals surface area contributed by atoms with Crippen LogP contribution in [-0.2, 0) is 20.9 Å². The molecule has 1 aliphatic heterocycles. The van der Waals surface area contributed by atoms with Crippen LogP contribution in [0.1, 0.15) is 18.2 Å². The number of halogens is 4.